The van der Waals surface area contributed by atoms with E-state index in [2.05, 4.69) is 4.74 Å². The van der Waals surface area contributed by atoms with Crippen LogP contribution in [-0.4, -0.2) is 18.9 Å². The van der Waals surface area contributed by atoms with Crippen molar-refractivity contribution in [2.75, 3.05) is 11.9 Å². The predicted molar refractivity (Wildman–Crippen MR) is 52.4 cm³/mol. The zero-order chi connectivity index (χ0) is 15.6. The largest absolute Gasteiger partial charge is 0.440 e. The van der Waals surface area contributed by atoms with Gasteiger partial charge in [0, 0.05) is 5.69 Å². The zero-order valence-electron chi connectivity index (χ0n) is 9.40. The maximum atomic E-state index is 12.9. The van der Waals surface area contributed by atoms with E-state index in [4.69, 9.17) is 0 Å². The second kappa shape index (κ2) is 5.55. The summed E-state index contributed by atoms with van der Waals surface area (Å²) in [6.45, 7) is -1.90. The summed E-state index contributed by atoms with van der Waals surface area (Å²) >= 11 is 0. The van der Waals surface area contributed by atoms with Gasteiger partial charge in [0.15, 0.2) is 6.61 Å². The first kappa shape index (κ1) is 16.1. The summed E-state index contributed by atoms with van der Waals surface area (Å²) in [4.78, 5) is 10.9. The third-order valence-corrected chi connectivity index (χ3v) is 1.89. The van der Waals surface area contributed by atoms with Gasteiger partial charge in [0.25, 0.3) is 0 Å². The Balaban J connectivity index is 2.77. The molecule has 3 nitrogen and oxygen atoms in total. The van der Waals surface area contributed by atoms with Gasteiger partial charge in [0.05, 0.1) is 5.56 Å². The Morgan fingerprint density at radius 3 is 2.25 bits per heavy atom. The zero-order valence-corrected chi connectivity index (χ0v) is 9.40. The molecule has 0 saturated carbocycles. The van der Waals surface area contributed by atoms with Crippen LogP contribution in [0.4, 0.5) is 41.2 Å². The van der Waals surface area contributed by atoms with Crippen LogP contribution in [-0.2, 0) is 10.9 Å². The van der Waals surface area contributed by atoms with Crippen LogP contribution in [0.15, 0.2) is 18.2 Å². The molecule has 1 amide bonds. The summed E-state index contributed by atoms with van der Waals surface area (Å²) in [7, 11) is 0. The maximum absolute atomic E-state index is 12.9. The minimum absolute atomic E-state index is 0.240. The summed E-state index contributed by atoms with van der Waals surface area (Å²) in [5.74, 6) is -1.58. The molecule has 1 N–H and O–H groups in total. The molecule has 0 heterocycles. The van der Waals surface area contributed by atoms with E-state index >= 15 is 0 Å². The molecule has 10 heteroatoms. The van der Waals surface area contributed by atoms with Crippen LogP contribution in [0.5, 0.6) is 0 Å². The lowest BCUT2D eigenvalue weighted by Crippen LogP contribution is -2.23. The molecule has 0 aliphatic carbocycles. The number of carbonyl (C=O) groups excluding carboxylic acids is 1. The summed E-state index contributed by atoms with van der Waals surface area (Å²) in [5, 5.41) is 1.63. The van der Waals surface area contributed by atoms with Crippen LogP contribution in [0.3, 0.4) is 0 Å². The monoisotopic (exact) mass is 305 g/mol. The van der Waals surface area contributed by atoms with E-state index in [0.29, 0.717) is 6.07 Å². The van der Waals surface area contributed by atoms with Crippen molar-refractivity contribution in [3.05, 3.63) is 29.6 Å². The van der Waals surface area contributed by atoms with E-state index in [9.17, 15) is 35.5 Å². The molecule has 0 unspecified atom stereocenters. The fraction of sp³-hybridized carbons (Fsp3) is 0.300. The summed E-state index contributed by atoms with van der Waals surface area (Å²) in [5.41, 5.74) is -2.21. The van der Waals surface area contributed by atoms with E-state index in [1.807, 2.05) is 0 Å². The lowest BCUT2D eigenvalue weighted by Gasteiger charge is -2.12. The lowest BCUT2D eigenvalue weighted by atomic mass is 10.2. The summed E-state index contributed by atoms with van der Waals surface area (Å²) in [6, 6.07) is 1.41. The Kier molecular flexibility index (Phi) is 4.46. The van der Waals surface area contributed by atoms with E-state index in [1.165, 1.54) is 0 Å². The molecule has 0 atom stereocenters. The summed E-state index contributed by atoms with van der Waals surface area (Å²) < 4.78 is 88.8. The Morgan fingerprint density at radius 1 is 1.15 bits per heavy atom. The topological polar surface area (TPSA) is 38.3 Å². The maximum Gasteiger partial charge on any atom is 0.422 e. The van der Waals surface area contributed by atoms with Gasteiger partial charge < -0.3 is 4.74 Å². The highest BCUT2D eigenvalue weighted by Gasteiger charge is 2.34. The van der Waals surface area contributed by atoms with Crippen molar-refractivity contribution in [1.29, 1.82) is 0 Å². The van der Waals surface area contributed by atoms with E-state index in [0.717, 1.165) is 6.07 Å². The number of ether oxygens (including phenoxy) is 1. The highest BCUT2D eigenvalue weighted by molar-refractivity contribution is 5.84. The molecule has 1 aromatic rings. The normalized spacial score (nSPS) is 12.2. The first-order valence-corrected chi connectivity index (χ1v) is 4.86. The fourth-order valence-corrected chi connectivity index (χ4v) is 1.12. The lowest BCUT2D eigenvalue weighted by molar-refractivity contribution is -0.159. The number of hydrogen-bond acceptors (Lipinski definition) is 2. The number of rotatable bonds is 2. The van der Waals surface area contributed by atoms with Gasteiger partial charge in [0.1, 0.15) is 5.82 Å². The number of amides is 1. The fourth-order valence-electron chi connectivity index (χ4n) is 1.12. The molecule has 20 heavy (non-hydrogen) atoms. The highest BCUT2D eigenvalue weighted by Crippen LogP contribution is 2.33. The first-order valence-electron chi connectivity index (χ1n) is 4.86. The van der Waals surface area contributed by atoms with Gasteiger partial charge in [-0.1, -0.05) is 0 Å². The smallest absolute Gasteiger partial charge is 0.422 e. The number of alkyl halides is 6. The van der Waals surface area contributed by atoms with Crippen molar-refractivity contribution in [1.82, 2.24) is 0 Å². The summed E-state index contributed by atoms with van der Waals surface area (Å²) in [6.07, 6.45) is -11.4. The number of hydrogen-bond donors (Lipinski definition) is 1. The molecule has 0 aromatic heterocycles. The van der Waals surface area contributed by atoms with Gasteiger partial charge >= 0.3 is 18.4 Å². The van der Waals surface area contributed by atoms with Gasteiger partial charge in [0.2, 0.25) is 0 Å². The molecule has 0 aliphatic rings. The van der Waals surface area contributed by atoms with Crippen molar-refractivity contribution in [3.63, 3.8) is 0 Å². The molecule has 0 radical (unpaired) electrons. The molecule has 0 bridgehead atoms. The third kappa shape index (κ3) is 4.94. The highest BCUT2D eigenvalue weighted by atomic mass is 19.4. The van der Waals surface area contributed by atoms with Crippen LogP contribution in [0.25, 0.3) is 0 Å². The molecule has 0 aliphatic heterocycles. The number of benzene rings is 1. The van der Waals surface area contributed by atoms with Gasteiger partial charge in [-0.25, -0.2) is 9.18 Å². The quantitative estimate of drug-likeness (QED) is 0.840. The molecule has 0 saturated heterocycles. The minimum Gasteiger partial charge on any atom is -0.440 e. The van der Waals surface area contributed by atoms with Crippen molar-refractivity contribution in [2.45, 2.75) is 12.4 Å². The van der Waals surface area contributed by atoms with Gasteiger partial charge in [-0.3, -0.25) is 5.32 Å². The number of nitrogens with one attached hydrogen (secondary N) is 1. The van der Waals surface area contributed by atoms with E-state index in [-0.39, 0.29) is 6.07 Å². The van der Waals surface area contributed by atoms with Gasteiger partial charge in [-0.15, -0.1) is 0 Å². The van der Waals surface area contributed by atoms with Gasteiger partial charge in [-0.2, -0.15) is 26.3 Å². The third-order valence-electron chi connectivity index (χ3n) is 1.89. The van der Waals surface area contributed by atoms with Crippen molar-refractivity contribution < 1.29 is 40.3 Å². The van der Waals surface area contributed by atoms with Gasteiger partial charge in [-0.05, 0) is 18.2 Å². The van der Waals surface area contributed by atoms with Crippen LogP contribution >= 0.6 is 0 Å². The van der Waals surface area contributed by atoms with Crippen LogP contribution in [0.2, 0.25) is 0 Å². The average Bonchev–Trinajstić information content (AvgIpc) is 2.27. The van der Waals surface area contributed by atoms with Crippen molar-refractivity contribution >= 4 is 11.8 Å². The van der Waals surface area contributed by atoms with Crippen LogP contribution < -0.4 is 5.32 Å². The Morgan fingerprint density at radius 2 is 1.75 bits per heavy atom. The standard InChI is InChI=1S/C10H6F7NO2/c11-7-2-1-5(3-6(7)10(15,16)17)18-8(19)20-4-9(12,13)14/h1-3H,4H2,(H,18,19). The molecule has 1 rings (SSSR count). The van der Waals surface area contributed by atoms with Crippen molar-refractivity contribution in [2.24, 2.45) is 0 Å². The SMILES string of the molecule is O=C(Nc1ccc(F)c(C(F)(F)F)c1)OCC(F)(F)F. The molecular weight excluding hydrogens is 299 g/mol. The van der Waals surface area contributed by atoms with E-state index < -0.39 is 42.1 Å². The number of carbonyl (C=O) groups is 1. The Labute approximate surface area is 107 Å². The Bertz CT molecular complexity index is 495. The molecule has 0 fully saturated rings. The molecular formula is C10H6F7NO2. The number of anilines is 1. The molecule has 112 valence electrons. The number of halogens is 7. The first-order chi connectivity index (χ1) is 8.99. The second-order valence-corrected chi connectivity index (χ2v) is 3.51. The molecule has 0 spiro atoms. The Hall–Kier alpha value is -2.00. The average molecular weight is 305 g/mol. The minimum atomic E-state index is -5.00. The van der Waals surface area contributed by atoms with Crippen molar-refractivity contribution in [3.8, 4) is 0 Å². The molecule has 1 aromatic carbocycles. The second-order valence-electron chi connectivity index (χ2n) is 3.51. The van der Waals surface area contributed by atoms with E-state index in [1.54, 1.807) is 5.32 Å². The van der Waals surface area contributed by atoms with Crippen LogP contribution in [0.1, 0.15) is 5.56 Å². The predicted octanol–water partition coefficient (Wildman–Crippen LogP) is 3.96. The van der Waals surface area contributed by atoms with Crippen LogP contribution in [0, 0.1) is 5.82 Å².